The van der Waals surface area contributed by atoms with E-state index in [-0.39, 0.29) is 12.6 Å². The summed E-state index contributed by atoms with van der Waals surface area (Å²) in [6.07, 6.45) is 0.828. The molecule has 0 aliphatic rings. The molecular weight excluding hydrogens is 177 g/mol. The van der Waals surface area contributed by atoms with E-state index in [1.165, 1.54) is 0 Å². The van der Waals surface area contributed by atoms with Crippen LogP contribution in [-0.4, -0.2) is 22.5 Å². The number of nitrogens with two attached hydrogens (primary N) is 1. The Morgan fingerprint density at radius 2 is 2.46 bits per heavy atom. The maximum Gasteiger partial charge on any atom is 0.360 e. The third-order valence-corrected chi connectivity index (χ3v) is 1.23. The van der Waals surface area contributed by atoms with Crippen molar-refractivity contribution in [2.45, 2.75) is 6.92 Å². The lowest BCUT2D eigenvalue weighted by molar-refractivity contribution is 0.0513. The number of esters is 1. The van der Waals surface area contributed by atoms with Crippen LogP contribution in [0.15, 0.2) is 6.20 Å². The summed E-state index contributed by atoms with van der Waals surface area (Å²) in [5.41, 5.74) is 4.73. The zero-order valence-corrected chi connectivity index (χ0v) is 6.95. The van der Waals surface area contributed by atoms with E-state index >= 15 is 0 Å². The van der Waals surface area contributed by atoms with Crippen molar-refractivity contribution in [1.82, 2.24) is 9.97 Å². The maximum absolute atomic E-state index is 12.9. The predicted molar refractivity (Wildman–Crippen MR) is 42.4 cm³/mol. The Morgan fingerprint density at radius 3 is 3.08 bits per heavy atom. The van der Waals surface area contributed by atoms with E-state index in [4.69, 9.17) is 5.73 Å². The van der Waals surface area contributed by atoms with Gasteiger partial charge in [0, 0.05) is 0 Å². The molecule has 6 heteroatoms. The van der Waals surface area contributed by atoms with Crippen molar-refractivity contribution in [1.29, 1.82) is 0 Å². The molecule has 2 N–H and O–H groups in total. The number of anilines is 1. The second kappa shape index (κ2) is 3.79. The van der Waals surface area contributed by atoms with Gasteiger partial charge in [0.1, 0.15) is 0 Å². The van der Waals surface area contributed by atoms with Gasteiger partial charge in [-0.05, 0) is 6.92 Å². The van der Waals surface area contributed by atoms with Crippen LogP contribution in [0.5, 0.6) is 0 Å². The molecule has 0 bridgehead atoms. The summed E-state index contributed by atoms with van der Waals surface area (Å²) < 4.78 is 17.4. The van der Waals surface area contributed by atoms with E-state index < -0.39 is 17.5 Å². The average Bonchev–Trinajstić information content (AvgIpc) is 2.09. The number of carbonyl (C=O) groups excluding carboxylic acids is 1. The molecule has 1 rings (SSSR count). The number of halogens is 1. The van der Waals surface area contributed by atoms with Crippen LogP contribution in [0.25, 0.3) is 0 Å². The summed E-state index contributed by atoms with van der Waals surface area (Å²) in [7, 11) is 0. The number of carbonyl (C=O) groups is 1. The van der Waals surface area contributed by atoms with Crippen molar-refractivity contribution in [3.63, 3.8) is 0 Å². The molecular formula is C7H8FN3O2. The van der Waals surface area contributed by atoms with Gasteiger partial charge in [-0.2, -0.15) is 0 Å². The van der Waals surface area contributed by atoms with Gasteiger partial charge in [-0.3, -0.25) is 0 Å². The first kappa shape index (κ1) is 9.37. The Labute approximate surface area is 73.7 Å². The fraction of sp³-hybridized carbons (Fsp3) is 0.286. The highest BCUT2D eigenvalue weighted by Crippen LogP contribution is 2.05. The summed E-state index contributed by atoms with van der Waals surface area (Å²) >= 11 is 0. The highest BCUT2D eigenvalue weighted by molar-refractivity contribution is 5.87. The molecule has 0 spiro atoms. The molecule has 1 heterocycles. The second-order valence-electron chi connectivity index (χ2n) is 2.15. The normalized spacial score (nSPS) is 9.69. The Balaban J connectivity index is 2.99. The zero-order valence-electron chi connectivity index (χ0n) is 6.95. The molecule has 70 valence electrons. The molecule has 0 atom stereocenters. The van der Waals surface area contributed by atoms with Crippen LogP contribution in [0, 0.1) is 5.82 Å². The van der Waals surface area contributed by atoms with E-state index in [2.05, 4.69) is 14.7 Å². The number of hydrogen-bond donors (Lipinski definition) is 1. The van der Waals surface area contributed by atoms with Crippen LogP contribution in [0.2, 0.25) is 0 Å². The number of ether oxygens (including phenoxy) is 1. The standard InChI is InChI=1S/C7H8FN3O2/c1-2-13-6(12)5-4(8)3-10-7(9)11-5/h3H,2H2,1H3,(H2,9,10,11). The van der Waals surface area contributed by atoms with Crippen molar-refractivity contribution in [2.75, 3.05) is 12.3 Å². The molecule has 0 aliphatic heterocycles. The molecule has 13 heavy (non-hydrogen) atoms. The van der Waals surface area contributed by atoms with Crippen LogP contribution in [0.1, 0.15) is 17.4 Å². The number of hydrogen-bond acceptors (Lipinski definition) is 5. The first-order valence-electron chi connectivity index (χ1n) is 3.60. The fourth-order valence-corrected chi connectivity index (χ4v) is 0.723. The molecule has 0 aromatic carbocycles. The number of nitrogens with zero attached hydrogens (tertiary/aromatic N) is 2. The van der Waals surface area contributed by atoms with Gasteiger partial charge in [0.05, 0.1) is 12.8 Å². The number of aromatic nitrogens is 2. The Morgan fingerprint density at radius 1 is 1.77 bits per heavy atom. The molecule has 0 radical (unpaired) electrons. The quantitative estimate of drug-likeness (QED) is 0.673. The minimum absolute atomic E-state index is 0.155. The Bertz CT molecular complexity index is 330. The van der Waals surface area contributed by atoms with Crippen LogP contribution >= 0.6 is 0 Å². The highest BCUT2D eigenvalue weighted by atomic mass is 19.1. The zero-order chi connectivity index (χ0) is 9.84. The summed E-state index contributed by atoms with van der Waals surface area (Å²) in [4.78, 5) is 17.8. The van der Waals surface area contributed by atoms with E-state index in [0.717, 1.165) is 6.20 Å². The smallest absolute Gasteiger partial charge is 0.360 e. The topological polar surface area (TPSA) is 78.1 Å². The SMILES string of the molecule is CCOC(=O)c1nc(N)ncc1F. The van der Waals surface area contributed by atoms with Crippen LogP contribution in [0.4, 0.5) is 10.3 Å². The molecule has 1 aromatic heterocycles. The van der Waals surface area contributed by atoms with E-state index in [0.29, 0.717) is 0 Å². The van der Waals surface area contributed by atoms with Gasteiger partial charge in [-0.1, -0.05) is 0 Å². The summed E-state index contributed by atoms with van der Waals surface area (Å²) in [5, 5.41) is 0. The largest absolute Gasteiger partial charge is 0.461 e. The second-order valence-corrected chi connectivity index (χ2v) is 2.15. The average molecular weight is 185 g/mol. The van der Waals surface area contributed by atoms with Gasteiger partial charge >= 0.3 is 5.97 Å². The van der Waals surface area contributed by atoms with Gasteiger partial charge in [-0.15, -0.1) is 0 Å². The minimum Gasteiger partial charge on any atom is -0.461 e. The van der Waals surface area contributed by atoms with Gasteiger partial charge in [0.2, 0.25) is 5.95 Å². The molecule has 0 saturated carbocycles. The lowest BCUT2D eigenvalue weighted by Crippen LogP contribution is -2.12. The van der Waals surface area contributed by atoms with Gasteiger partial charge in [-0.25, -0.2) is 19.2 Å². The molecule has 0 aliphatic carbocycles. The van der Waals surface area contributed by atoms with E-state index in [9.17, 15) is 9.18 Å². The van der Waals surface area contributed by atoms with Crippen molar-refractivity contribution in [2.24, 2.45) is 0 Å². The van der Waals surface area contributed by atoms with Gasteiger partial charge in [0.15, 0.2) is 11.5 Å². The maximum atomic E-state index is 12.9. The fourth-order valence-electron chi connectivity index (χ4n) is 0.723. The monoisotopic (exact) mass is 185 g/mol. The lowest BCUT2D eigenvalue weighted by atomic mass is 10.4. The summed E-state index contributed by atoms with van der Waals surface area (Å²) in [6.45, 7) is 1.77. The summed E-state index contributed by atoms with van der Waals surface area (Å²) in [5.74, 6) is -1.84. The van der Waals surface area contributed by atoms with Crippen LogP contribution in [-0.2, 0) is 4.74 Å². The molecule has 0 unspecified atom stereocenters. The van der Waals surface area contributed by atoms with E-state index in [1.54, 1.807) is 6.92 Å². The van der Waals surface area contributed by atoms with Crippen molar-refractivity contribution < 1.29 is 13.9 Å². The van der Waals surface area contributed by atoms with Crippen molar-refractivity contribution in [3.05, 3.63) is 17.7 Å². The molecule has 0 amide bonds. The third kappa shape index (κ3) is 2.11. The van der Waals surface area contributed by atoms with Crippen molar-refractivity contribution >= 4 is 11.9 Å². The first-order valence-corrected chi connectivity index (χ1v) is 3.60. The highest BCUT2D eigenvalue weighted by Gasteiger charge is 2.15. The lowest BCUT2D eigenvalue weighted by Gasteiger charge is -2.01. The molecule has 1 aromatic rings. The van der Waals surface area contributed by atoms with Crippen molar-refractivity contribution in [3.8, 4) is 0 Å². The van der Waals surface area contributed by atoms with E-state index in [1.807, 2.05) is 0 Å². The number of rotatable bonds is 2. The molecule has 0 saturated heterocycles. The van der Waals surface area contributed by atoms with Crippen LogP contribution < -0.4 is 5.73 Å². The van der Waals surface area contributed by atoms with Gasteiger partial charge in [0.25, 0.3) is 0 Å². The first-order chi connectivity index (χ1) is 6.15. The minimum atomic E-state index is -0.840. The molecule has 0 fully saturated rings. The third-order valence-electron chi connectivity index (χ3n) is 1.23. The predicted octanol–water partition coefficient (Wildman–Crippen LogP) is 0.375. The van der Waals surface area contributed by atoms with Gasteiger partial charge < -0.3 is 10.5 Å². The Kier molecular flexibility index (Phi) is 2.73. The number of nitrogen functional groups attached to an aromatic ring is 1. The molecule has 5 nitrogen and oxygen atoms in total. The van der Waals surface area contributed by atoms with Crippen LogP contribution in [0.3, 0.4) is 0 Å². The Hall–Kier alpha value is -1.72. The summed E-state index contributed by atoms with van der Waals surface area (Å²) in [6, 6.07) is 0.